The summed E-state index contributed by atoms with van der Waals surface area (Å²) < 4.78 is 0. The van der Waals surface area contributed by atoms with Crippen molar-refractivity contribution in [2.45, 2.75) is 33.2 Å². The minimum Gasteiger partial charge on any atom is -0.396 e. The lowest BCUT2D eigenvalue weighted by Crippen LogP contribution is -2.32. The highest BCUT2D eigenvalue weighted by Crippen LogP contribution is 2.22. The Hall–Kier alpha value is -0.610. The average molecular weight is 214 g/mol. The molecule has 0 spiro atoms. The first-order chi connectivity index (χ1) is 6.65. The number of aryl methyl sites for hydroxylation is 1. The van der Waals surface area contributed by atoms with Gasteiger partial charge in [0.15, 0.2) is 5.13 Å². The lowest BCUT2D eigenvalue weighted by Gasteiger charge is -2.25. The summed E-state index contributed by atoms with van der Waals surface area (Å²) in [5.74, 6) is 0. The molecular formula is C10H18N2OS. The summed E-state index contributed by atoms with van der Waals surface area (Å²) >= 11 is 1.67. The molecule has 0 aliphatic carbocycles. The molecule has 0 atom stereocenters. The van der Waals surface area contributed by atoms with Crippen LogP contribution >= 0.6 is 11.3 Å². The number of aromatic nitrogens is 1. The smallest absolute Gasteiger partial charge is 0.185 e. The second-order valence-corrected chi connectivity index (χ2v) is 4.47. The van der Waals surface area contributed by atoms with Crippen molar-refractivity contribution in [1.29, 1.82) is 0 Å². The molecule has 0 bridgehead atoms. The van der Waals surface area contributed by atoms with Gasteiger partial charge < -0.3 is 10.0 Å². The van der Waals surface area contributed by atoms with E-state index in [9.17, 15) is 0 Å². The van der Waals surface area contributed by atoms with Crippen LogP contribution in [0.1, 0.15) is 26.0 Å². The van der Waals surface area contributed by atoms with Gasteiger partial charge in [-0.3, -0.25) is 0 Å². The van der Waals surface area contributed by atoms with Gasteiger partial charge in [-0.1, -0.05) is 0 Å². The molecule has 0 aliphatic rings. The van der Waals surface area contributed by atoms with E-state index in [4.69, 9.17) is 5.11 Å². The average Bonchev–Trinajstić information content (AvgIpc) is 2.52. The fourth-order valence-corrected chi connectivity index (χ4v) is 2.25. The molecule has 4 heteroatoms. The van der Waals surface area contributed by atoms with Crippen LogP contribution in [-0.2, 0) is 0 Å². The molecule has 1 heterocycles. The van der Waals surface area contributed by atoms with E-state index in [1.165, 1.54) is 0 Å². The molecule has 1 N–H and O–H groups in total. The Bertz CT molecular complexity index is 273. The molecule has 0 unspecified atom stereocenters. The van der Waals surface area contributed by atoms with E-state index in [-0.39, 0.29) is 6.61 Å². The maximum Gasteiger partial charge on any atom is 0.185 e. The van der Waals surface area contributed by atoms with Gasteiger partial charge in [-0.25, -0.2) is 4.98 Å². The number of aliphatic hydroxyl groups excluding tert-OH is 1. The molecule has 0 fully saturated rings. The standard InChI is InChI=1S/C10H18N2OS/c1-8(2)12(5-4-6-13)10-11-9(3)7-14-10/h7-8,13H,4-6H2,1-3H3. The zero-order chi connectivity index (χ0) is 10.6. The van der Waals surface area contributed by atoms with Crippen molar-refractivity contribution in [2.24, 2.45) is 0 Å². The summed E-state index contributed by atoms with van der Waals surface area (Å²) in [7, 11) is 0. The van der Waals surface area contributed by atoms with Gasteiger partial charge in [-0.15, -0.1) is 11.3 Å². The van der Waals surface area contributed by atoms with Gasteiger partial charge in [0.2, 0.25) is 0 Å². The van der Waals surface area contributed by atoms with Gasteiger partial charge in [0.1, 0.15) is 0 Å². The summed E-state index contributed by atoms with van der Waals surface area (Å²) in [5, 5.41) is 11.9. The van der Waals surface area contributed by atoms with Crippen molar-refractivity contribution in [2.75, 3.05) is 18.1 Å². The van der Waals surface area contributed by atoms with Crippen LogP contribution < -0.4 is 4.90 Å². The molecule has 80 valence electrons. The number of rotatable bonds is 5. The van der Waals surface area contributed by atoms with Crippen LogP contribution in [0.2, 0.25) is 0 Å². The Balaban J connectivity index is 2.67. The highest BCUT2D eigenvalue weighted by Gasteiger charge is 2.12. The quantitative estimate of drug-likeness (QED) is 0.815. The third-order valence-corrected chi connectivity index (χ3v) is 3.03. The second kappa shape index (κ2) is 5.32. The maximum absolute atomic E-state index is 8.81. The highest BCUT2D eigenvalue weighted by molar-refractivity contribution is 7.13. The van der Waals surface area contributed by atoms with Gasteiger partial charge in [-0.05, 0) is 27.2 Å². The van der Waals surface area contributed by atoms with E-state index < -0.39 is 0 Å². The van der Waals surface area contributed by atoms with E-state index in [0.29, 0.717) is 6.04 Å². The van der Waals surface area contributed by atoms with E-state index >= 15 is 0 Å². The van der Waals surface area contributed by atoms with Crippen molar-refractivity contribution in [3.63, 3.8) is 0 Å². The minimum atomic E-state index is 0.244. The van der Waals surface area contributed by atoms with Crippen molar-refractivity contribution < 1.29 is 5.11 Å². The lowest BCUT2D eigenvalue weighted by molar-refractivity contribution is 0.288. The first-order valence-electron chi connectivity index (χ1n) is 4.94. The molecule has 0 aromatic carbocycles. The molecule has 1 rings (SSSR count). The number of thiazole rings is 1. The Morgan fingerprint density at radius 3 is 2.71 bits per heavy atom. The van der Waals surface area contributed by atoms with Gasteiger partial charge in [0.25, 0.3) is 0 Å². The number of anilines is 1. The van der Waals surface area contributed by atoms with Gasteiger partial charge in [0, 0.05) is 24.6 Å². The molecule has 1 aromatic heterocycles. The third kappa shape index (κ3) is 2.96. The van der Waals surface area contributed by atoms with E-state index in [1.807, 2.05) is 6.92 Å². The molecular weight excluding hydrogens is 196 g/mol. The van der Waals surface area contributed by atoms with Crippen LogP contribution in [0.5, 0.6) is 0 Å². The first kappa shape index (κ1) is 11.5. The summed E-state index contributed by atoms with van der Waals surface area (Å²) in [6, 6.07) is 0.437. The van der Waals surface area contributed by atoms with Crippen molar-refractivity contribution in [3.05, 3.63) is 11.1 Å². The third-order valence-electron chi connectivity index (χ3n) is 2.03. The zero-order valence-corrected chi connectivity index (χ0v) is 9.84. The zero-order valence-electron chi connectivity index (χ0n) is 9.03. The van der Waals surface area contributed by atoms with Crippen molar-refractivity contribution >= 4 is 16.5 Å². The Morgan fingerprint density at radius 1 is 1.57 bits per heavy atom. The first-order valence-corrected chi connectivity index (χ1v) is 5.82. The second-order valence-electron chi connectivity index (χ2n) is 3.64. The summed E-state index contributed by atoms with van der Waals surface area (Å²) in [6.45, 7) is 7.42. The number of aliphatic hydroxyl groups is 1. The number of hydrogen-bond acceptors (Lipinski definition) is 4. The van der Waals surface area contributed by atoms with Crippen LogP contribution in [0.25, 0.3) is 0 Å². The van der Waals surface area contributed by atoms with Gasteiger partial charge >= 0.3 is 0 Å². The lowest BCUT2D eigenvalue weighted by atomic mass is 10.3. The Morgan fingerprint density at radius 2 is 2.29 bits per heavy atom. The van der Waals surface area contributed by atoms with Crippen molar-refractivity contribution in [3.8, 4) is 0 Å². The highest BCUT2D eigenvalue weighted by atomic mass is 32.1. The molecule has 1 aromatic rings. The molecule has 0 saturated heterocycles. The Kier molecular flexibility index (Phi) is 4.35. The van der Waals surface area contributed by atoms with Crippen molar-refractivity contribution in [1.82, 2.24) is 4.98 Å². The Labute approximate surface area is 89.4 Å². The minimum absolute atomic E-state index is 0.244. The largest absolute Gasteiger partial charge is 0.396 e. The predicted octanol–water partition coefficient (Wildman–Crippen LogP) is 2.05. The monoisotopic (exact) mass is 214 g/mol. The van der Waals surface area contributed by atoms with Crippen LogP contribution in [0, 0.1) is 6.92 Å². The van der Waals surface area contributed by atoms with Crippen LogP contribution in [0.3, 0.4) is 0 Å². The molecule has 0 radical (unpaired) electrons. The fraction of sp³-hybridized carbons (Fsp3) is 0.700. The van der Waals surface area contributed by atoms with Crippen LogP contribution in [-0.4, -0.2) is 29.3 Å². The molecule has 3 nitrogen and oxygen atoms in total. The molecule has 14 heavy (non-hydrogen) atoms. The molecule has 0 amide bonds. The molecule has 0 saturated carbocycles. The van der Waals surface area contributed by atoms with Gasteiger partial charge in [-0.2, -0.15) is 0 Å². The van der Waals surface area contributed by atoms with E-state index in [0.717, 1.165) is 23.8 Å². The fourth-order valence-electron chi connectivity index (χ4n) is 1.29. The van der Waals surface area contributed by atoms with Gasteiger partial charge in [0.05, 0.1) is 5.69 Å². The van der Waals surface area contributed by atoms with E-state index in [1.54, 1.807) is 11.3 Å². The van der Waals surface area contributed by atoms with Crippen LogP contribution in [0.15, 0.2) is 5.38 Å². The number of hydrogen-bond donors (Lipinski definition) is 1. The van der Waals surface area contributed by atoms with E-state index in [2.05, 4.69) is 29.1 Å². The number of nitrogens with zero attached hydrogens (tertiary/aromatic N) is 2. The SMILES string of the molecule is Cc1csc(N(CCCO)C(C)C)n1. The topological polar surface area (TPSA) is 36.4 Å². The summed E-state index contributed by atoms with van der Waals surface area (Å²) in [5.41, 5.74) is 1.07. The maximum atomic E-state index is 8.81. The molecule has 0 aliphatic heterocycles. The summed E-state index contributed by atoms with van der Waals surface area (Å²) in [4.78, 5) is 6.68. The predicted molar refractivity (Wildman–Crippen MR) is 61.0 cm³/mol. The normalized spacial score (nSPS) is 10.9. The summed E-state index contributed by atoms with van der Waals surface area (Å²) in [6.07, 6.45) is 0.802. The van der Waals surface area contributed by atoms with Crippen LogP contribution in [0.4, 0.5) is 5.13 Å².